The lowest BCUT2D eigenvalue weighted by Gasteiger charge is -2.14. The van der Waals surface area contributed by atoms with E-state index in [1.807, 2.05) is 0 Å². The average molecular weight is 292 g/mol. The van der Waals surface area contributed by atoms with E-state index in [0.717, 1.165) is 11.3 Å². The fourth-order valence-electron chi connectivity index (χ4n) is 1.88. The molecule has 1 saturated heterocycles. The molecule has 8 heteroatoms. The van der Waals surface area contributed by atoms with Gasteiger partial charge in [-0.15, -0.1) is 11.3 Å². The van der Waals surface area contributed by atoms with Crippen LogP contribution >= 0.6 is 11.3 Å². The van der Waals surface area contributed by atoms with Crippen LogP contribution in [0.2, 0.25) is 0 Å². The van der Waals surface area contributed by atoms with Crippen molar-refractivity contribution in [2.45, 2.75) is 12.7 Å². The second-order valence-electron chi connectivity index (χ2n) is 4.19. The van der Waals surface area contributed by atoms with Gasteiger partial charge in [0.25, 0.3) is 5.91 Å². The fourth-order valence-corrected chi connectivity index (χ4v) is 2.62. The lowest BCUT2D eigenvalue weighted by atomic mass is 10.1. The SMILES string of the molecule is O=C(NCC1CNCC1O)c1sccc1OC(F)F. The molecule has 2 unspecified atom stereocenters. The van der Waals surface area contributed by atoms with Crippen molar-refractivity contribution in [3.05, 3.63) is 16.3 Å². The van der Waals surface area contributed by atoms with Crippen molar-refractivity contribution in [3.63, 3.8) is 0 Å². The van der Waals surface area contributed by atoms with Gasteiger partial charge in [-0.3, -0.25) is 4.79 Å². The molecule has 0 saturated carbocycles. The highest BCUT2D eigenvalue weighted by molar-refractivity contribution is 7.12. The van der Waals surface area contributed by atoms with Gasteiger partial charge in [-0.2, -0.15) is 8.78 Å². The molecular weight excluding hydrogens is 278 g/mol. The highest BCUT2D eigenvalue weighted by Gasteiger charge is 2.26. The molecule has 2 heterocycles. The molecule has 5 nitrogen and oxygen atoms in total. The largest absolute Gasteiger partial charge is 0.433 e. The number of alkyl halides is 2. The summed E-state index contributed by atoms with van der Waals surface area (Å²) in [6.45, 7) is -1.55. The standard InChI is InChI=1S/C11H14F2N2O3S/c12-11(13)18-8-1-2-19-9(8)10(17)15-4-6-3-14-5-7(6)16/h1-2,6-7,11,14,16H,3-5H2,(H,15,17). The number of thiophene rings is 1. The first-order valence-electron chi connectivity index (χ1n) is 5.77. The van der Waals surface area contributed by atoms with Crippen LogP contribution in [0.3, 0.4) is 0 Å². The van der Waals surface area contributed by atoms with Crippen LogP contribution in [0.15, 0.2) is 11.4 Å². The van der Waals surface area contributed by atoms with Crippen molar-refractivity contribution in [2.75, 3.05) is 19.6 Å². The number of aliphatic hydroxyl groups excluding tert-OH is 1. The van der Waals surface area contributed by atoms with Crippen LogP contribution in [-0.2, 0) is 0 Å². The maximum Gasteiger partial charge on any atom is 0.387 e. The van der Waals surface area contributed by atoms with Crippen molar-refractivity contribution < 1.29 is 23.4 Å². The van der Waals surface area contributed by atoms with Gasteiger partial charge in [0.15, 0.2) is 0 Å². The Balaban J connectivity index is 1.91. The molecule has 2 rings (SSSR count). The molecule has 1 aliphatic rings. The number of amides is 1. The van der Waals surface area contributed by atoms with Gasteiger partial charge in [0.05, 0.1) is 6.10 Å². The van der Waals surface area contributed by atoms with Gasteiger partial charge < -0.3 is 20.5 Å². The number of hydrogen-bond acceptors (Lipinski definition) is 5. The molecule has 1 aromatic rings. The van der Waals surface area contributed by atoms with E-state index in [1.54, 1.807) is 0 Å². The molecule has 0 bridgehead atoms. The van der Waals surface area contributed by atoms with Crippen LogP contribution in [0.25, 0.3) is 0 Å². The smallest absolute Gasteiger partial charge is 0.387 e. The van der Waals surface area contributed by atoms with Crippen molar-refractivity contribution >= 4 is 17.2 Å². The number of carbonyl (C=O) groups excluding carboxylic acids is 1. The molecule has 0 aliphatic carbocycles. The van der Waals surface area contributed by atoms with Crippen LogP contribution in [0.5, 0.6) is 5.75 Å². The highest BCUT2D eigenvalue weighted by atomic mass is 32.1. The van der Waals surface area contributed by atoms with E-state index < -0.39 is 18.6 Å². The molecule has 106 valence electrons. The summed E-state index contributed by atoms with van der Waals surface area (Å²) in [5.74, 6) is -0.657. The summed E-state index contributed by atoms with van der Waals surface area (Å²) in [4.78, 5) is 12.0. The Labute approximate surface area is 112 Å². The Morgan fingerprint density at radius 1 is 1.63 bits per heavy atom. The van der Waals surface area contributed by atoms with Gasteiger partial charge in [-0.05, 0) is 11.4 Å². The van der Waals surface area contributed by atoms with Crippen molar-refractivity contribution in [2.24, 2.45) is 5.92 Å². The monoisotopic (exact) mass is 292 g/mol. The minimum absolute atomic E-state index is 0.0663. The van der Waals surface area contributed by atoms with Gasteiger partial charge in [0.1, 0.15) is 10.6 Å². The Bertz CT molecular complexity index is 441. The summed E-state index contributed by atoms with van der Waals surface area (Å²) in [5.41, 5.74) is 0. The molecule has 2 atom stereocenters. The van der Waals surface area contributed by atoms with Crippen LogP contribution in [0.1, 0.15) is 9.67 Å². The topological polar surface area (TPSA) is 70.6 Å². The second-order valence-corrected chi connectivity index (χ2v) is 5.10. The Morgan fingerprint density at radius 2 is 2.42 bits per heavy atom. The van der Waals surface area contributed by atoms with Gasteiger partial charge in [-0.25, -0.2) is 0 Å². The van der Waals surface area contributed by atoms with Crippen LogP contribution in [0.4, 0.5) is 8.78 Å². The molecule has 1 aliphatic heterocycles. The number of nitrogens with one attached hydrogen (secondary N) is 2. The summed E-state index contributed by atoms with van der Waals surface area (Å²) in [5, 5.41) is 16.7. The lowest BCUT2D eigenvalue weighted by Crippen LogP contribution is -2.34. The van der Waals surface area contributed by atoms with Gasteiger partial charge in [0.2, 0.25) is 0 Å². The number of carbonyl (C=O) groups is 1. The first kappa shape index (κ1) is 14.2. The molecule has 0 radical (unpaired) electrons. The summed E-state index contributed by atoms with van der Waals surface area (Å²) in [6.07, 6.45) is -0.500. The summed E-state index contributed by atoms with van der Waals surface area (Å²) >= 11 is 1.03. The minimum Gasteiger partial charge on any atom is -0.433 e. The van der Waals surface area contributed by atoms with Crippen molar-refractivity contribution in [3.8, 4) is 5.75 Å². The highest BCUT2D eigenvalue weighted by Crippen LogP contribution is 2.26. The molecule has 19 heavy (non-hydrogen) atoms. The minimum atomic E-state index is -2.96. The number of aliphatic hydroxyl groups is 1. The molecule has 3 N–H and O–H groups in total. The van der Waals surface area contributed by atoms with Crippen molar-refractivity contribution in [1.29, 1.82) is 0 Å². The van der Waals surface area contributed by atoms with E-state index in [-0.39, 0.29) is 16.5 Å². The lowest BCUT2D eigenvalue weighted by molar-refractivity contribution is -0.0498. The molecule has 0 spiro atoms. The quantitative estimate of drug-likeness (QED) is 0.745. The molecule has 1 amide bonds. The van der Waals surface area contributed by atoms with Crippen LogP contribution in [0, 0.1) is 5.92 Å². The summed E-state index contributed by atoms with van der Waals surface area (Å²) < 4.78 is 28.5. The maximum absolute atomic E-state index is 12.1. The number of halogens is 2. The third-order valence-electron chi connectivity index (χ3n) is 2.88. The first-order chi connectivity index (χ1) is 9.08. The van der Waals surface area contributed by atoms with Gasteiger partial charge in [0, 0.05) is 25.6 Å². The van der Waals surface area contributed by atoms with Crippen LogP contribution in [-0.4, -0.2) is 43.4 Å². The zero-order chi connectivity index (χ0) is 13.8. The number of β-amino-alcohol motifs (C(OH)–C–C–N with tert-alkyl or cyclic N) is 1. The third-order valence-corrected chi connectivity index (χ3v) is 3.77. The number of ether oxygens (including phenoxy) is 1. The Hall–Kier alpha value is -1.25. The van der Waals surface area contributed by atoms with E-state index >= 15 is 0 Å². The van der Waals surface area contributed by atoms with Crippen molar-refractivity contribution in [1.82, 2.24) is 10.6 Å². The van der Waals surface area contributed by atoms with Gasteiger partial charge in [-0.1, -0.05) is 0 Å². The molecule has 1 aromatic heterocycles. The summed E-state index contributed by atoms with van der Waals surface area (Å²) in [7, 11) is 0. The van der Waals surface area contributed by atoms with E-state index in [1.165, 1.54) is 11.4 Å². The third kappa shape index (κ3) is 3.62. The second kappa shape index (κ2) is 6.27. The first-order valence-corrected chi connectivity index (χ1v) is 6.65. The fraction of sp³-hybridized carbons (Fsp3) is 0.545. The zero-order valence-corrected chi connectivity index (χ0v) is 10.8. The maximum atomic E-state index is 12.1. The van der Waals surface area contributed by atoms with E-state index in [0.29, 0.717) is 19.6 Å². The van der Waals surface area contributed by atoms with E-state index in [4.69, 9.17) is 0 Å². The van der Waals surface area contributed by atoms with E-state index in [9.17, 15) is 18.7 Å². The zero-order valence-electron chi connectivity index (χ0n) is 9.94. The van der Waals surface area contributed by atoms with Gasteiger partial charge >= 0.3 is 6.61 Å². The Morgan fingerprint density at radius 3 is 3.05 bits per heavy atom. The predicted octanol–water partition coefficient (Wildman–Crippen LogP) is 0.660. The normalized spacial score (nSPS) is 22.7. The summed E-state index contributed by atoms with van der Waals surface area (Å²) in [6, 6.07) is 1.33. The molecular formula is C11H14F2N2O3S. The Kier molecular flexibility index (Phi) is 4.67. The number of rotatable bonds is 5. The predicted molar refractivity (Wildman–Crippen MR) is 65.7 cm³/mol. The van der Waals surface area contributed by atoms with E-state index in [2.05, 4.69) is 15.4 Å². The molecule has 1 fully saturated rings. The average Bonchev–Trinajstić information content (AvgIpc) is 2.95. The number of hydrogen-bond donors (Lipinski definition) is 3. The molecule has 0 aromatic carbocycles. The van der Waals surface area contributed by atoms with Crippen LogP contribution < -0.4 is 15.4 Å².